The van der Waals surface area contributed by atoms with Crippen LogP contribution < -0.4 is 14.8 Å². The van der Waals surface area contributed by atoms with Gasteiger partial charge in [-0.25, -0.2) is 0 Å². The van der Waals surface area contributed by atoms with E-state index in [-0.39, 0.29) is 12.5 Å². The number of ether oxygens (including phenoxy) is 2. The van der Waals surface area contributed by atoms with Crippen LogP contribution in [-0.4, -0.2) is 43.2 Å². The average Bonchev–Trinajstić information content (AvgIpc) is 3.11. The number of carbonyl (C=O) groups excluding carboxylic acids is 1. The topological polar surface area (TPSA) is 55.7 Å². The highest BCUT2D eigenvalue weighted by Crippen LogP contribution is 2.31. The van der Waals surface area contributed by atoms with Crippen molar-refractivity contribution in [3.63, 3.8) is 0 Å². The lowest BCUT2D eigenvalue weighted by atomic mass is 10.1. The van der Waals surface area contributed by atoms with Gasteiger partial charge < -0.3 is 19.4 Å². The molecule has 0 saturated heterocycles. The van der Waals surface area contributed by atoms with Crippen LogP contribution in [0.2, 0.25) is 0 Å². The summed E-state index contributed by atoms with van der Waals surface area (Å²) in [6, 6.07) is 20.3. The number of hydrogen-bond acceptors (Lipinski definition) is 4. The summed E-state index contributed by atoms with van der Waals surface area (Å²) in [5.74, 6) is 1.32. The minimum Gasteiger partial charge on any atom is -0.493 e. The summed E-state index contributed by atoms with van der Waals surface area (Å²) in [5.41, 5.74) is 4.24. The first-order chi connectivity index (χ1) is 15.5. The zero-order chi connectivity index (χ0) is 22.7. The summed E-state index contributed by atoms with van der Waals surface area (Å²) < 4.78 is 13.0. The van der Waals surface area contributed by atoms with Gasteiger partial charge in [0.25, 0.3) is 0 Å². The predicted molar refractivity (Wildman–Crippen MR) is 130 cm³/mol. The molecule has 6 heteroatoms. The maximum atomic E-state index is 12.7. The van der Waals surface area contributed by atoms with Gasteiger partial charge in [-0.15, -0.1) is 0 Å². The number of amides is 1. The van der Waals surface area contributed by atoms with E-state index in [9.17, 15) is 4.79 Å². The van der Waals surface area contributed by atoms with E-state index >= 15 is 0 Å². The number of carbonyl (C=O) groups is 1. The van der Waals surface area contributed by atoms with Gasteiger partial charge in [-0.1, -0.05) is 24.3 Å². The van der Waals surface area contributed by atoms with Gasteiger partial charge in [0, 0.05) is 40.6 Å². The summed E-state index contributed by atoms with van der Waals surface area (Å²) >= 11 is 0. The highest BCUT2D eigenvalue weighted by molar-refractivity contribution is 6.09. The maximum absolute atomic E-state index is 12.7. The Morgan fingerprint density at radius 3 is 2.44 bits per heavy atom. The summed E-state index contributed by atoms with van der Waals surface area (Å²) in [6.07, 6.45) is 0. The van der Waals surface area contributed by atoms with E-state index in [0.29, 0.717) is 18.0 Å². The van der Waals surface area contributed by atoms with Crippen LogP contribution in [0.4, 0.5) is 5.69 Å². The second-order valence-corrected chi connectivity index (χ2v) is 7.90. The monoisotopic (exact) mass is 431 g/mol. The summed E-state index contributed by atoms with van der Waals surface area (Å²) in [7, 11) is 5.16. The Bertz CT molecular complexity index is 1260. The third-order valence-electron chi connectivity index (χ3n) is 5.69. The zero-order valence-electron chi connectivity index (χ0n) is 19.0. The molecule has 1 heterocycles. The van der Waals surface area contributed by atoms with Gasteiger partial charge in [-0.2, -0.15) is 0 Å². The largest absolute Gasteiger partial charge is 0.493 e. The Morgan fingerprint density at radius 2 is 1.69 bits per heavy atom. The predicted octanol–water partition coefficient (Wildman–Crippen LogP) is 4.90. The van der Waals surface area contributed by atoms with E-state index in [4.69, 9.17) is 9.47 Å². The van der Waals surface area contributed by atoms with Crippen molar-refractivity contribution in [1.82, 2.24) is 9.47 Å². The second-order valence-electron chi connectivity index (χ2n) is 7.90. The van der Waals surface area contributed by atoms with E-state index in [1.54, 1.807) is 14.2 Å². The number of aryl methyl sites for hydroxylation is 1. The first-order valence-electron chi connectivity index (χ1n) is 10.7. The molecule has 0 bridgehead atoms. The summed E-state index contributed by atoms with van der Waals surface area (Å²) in [5, 5.41) is 5.40. The fourth-order valence-corrected chi connectivity index (χ4v) is 4.26. The van der Waals surface area contributed by atoms with E-state index < -0.39 is 0 Å². The molecule has 0 spiro atoms. The molecule has 0 radical (unpaired) electrons. The molecule has 0 aliphatic heterocycles. The molecule has 6 nitrogen and oxygen atoms in total. The SMILES string of the molecule is CCn1c2ccccc2c2cc(NC(=O)CN(C)Cc3ccc(OC)c(OC)c3)ccc21. The third-order valence-corrected chi connectivity index (χ3v) is 5.69. The van der Waals surface area contributed by atoms with Crippen molar-refractivity contribution in [2.24, 2.45) is 0 Å². The lowest BCUT2D eigenvalue weighted by molar-refractivity contribution is -0.117. The number of nitrogens with one attached hydrogen (secondary N) is 1. The minimum absolute atomic E-state index is 0.0495. The molecule has 0 atom stereocenters. The van der Waals surface area contributed by atoms with Gasteiger partial charge in [0.05, 0.1) is 20.8 Å². The smallest absolute Gasteiger partial charge is 0.238 e. The van der Waals surface area contributed by atoms with Crippen LogP contribution in [0.25, 0.3) is 21.8 Å². The fraction of sp³-hybridized carbons (Fsp3) is 0.269. The molecule has 3 aromatic carbocycles. The molecule has 1 aromatic heterocycles. The first-order valence-corrected chi connectivity index (χ1v) is 10.7. The highest BCUT2D eigenvalue weighted by Gasteiger charge is 2.13. The lowest BCUT2D eigenvalue weighted by Gasteiger charge is -2.17. The molecule has 0 aliphatic rings. The van der Waals surface area contributed by atoms with Crippen molar-refractivity contribution in [2.45, 2.75) is 20.0 Å². The van der Waals surface area contributed by atoms with Crippen molar-refractivity contribution in [1.29, 1.82) is 0 Å². The highest BCUT2D eigenvalue weighted by atomic mass is 16.5. The Hall–Kier alpha value is -3.51. The van der Waals surface area contributed by atoms with E-state index in [1.165, 1.54) is 16.4 Å². The molecule has 166 valence electrons. The number of fused-ring (bicyclic) bond motifs is 3. The molecular weight excluding hydrogens is 402 g/mol. The number of methoxy groups -OCH3 is 2. The van der Waals surface area contributed by atoms with Gasteiger partial charge >= 0.3 is 0 Å². The standard InChI is InChI=1S/C26H29N3O3/c1-5-29-22-9-7-6-8-20(22)21-15-19(11-12-23(21)29)27-26(30)17-28(2)16-18-10-13-24(31-3)25(14-18)32-4/h6-15H,5,16-17H2,1-4H3,(H,27,30). The Morgan fingerprint density at radius 1 is 0.938 bits per heavy atom. The van der Waals surface area contributed by atoms with Gasteiger partial charge in [-0.05, 0) is 55.9 Å². The quantitative estimate of drug-likeness (QED) is 0.431. The van der Waals surface area contributed by atoms with Gasteiger partial charge in [0.2, 0.25) is 5.91 Å². The van der Waals surface area contributed by atoms with Crippen LogP contribution in [0.15, 0.2) is 60.7 Å². The number of hydrogen-bond donors (Lipinski definition) is 1. The zero-order valence-corrected chi connectivity index (χ0v) is 19.0. The van der Waals surface area contributed by atoms with Crippen LogP contribution >= 0.6 is 0 Å². The summed E-state index contributed by atoms with van der Waals surface area (Å²) in [4.78, 5) is 14.7. The number of benzene rings is 3. The first kappa shape index (κ1) is 21.7. The lowest BCUT2D eigenvalue weighted by Crippen LogP contribution is -2.29. The Labute approximate surface area is 188 Å². The molecule has 4 rings (SSSR count). The van der Waals surface area contributed by atoms with Crippen LogP contribution in [0, 0.1) is 0 Å². The maximum Gasteiger partial charge on any atom is 0.238 e. The molecule has 1 N–H and O–H groups in total. The molecule has 4 aromatic rings. The molecule has 0 unspecified atom stereocenters. The van der Waals surface area contributed by atoms with Crippen molar-refractivity contribution < 1.29 is 14.3 Å². The summed E-state index contributed by atoms with van der Waals surface area (Å²) in [6.45, 7) is 3.95. The van der Waals surface area contributed by atoms with E-state index in [0.717, 1.165) is 23.2 Å². The molecule has 1 amide bonds. The molecule has 0 saturated carbocycles. The average molecular weight is 432 g/mol. The number of para-hydroxylation sites is 1. The number of anilines is 1. The van der Waals surface area contributed by atoms with Crippen LogP contribution in [0.3, 0.4) is 0 Å². The Balaban J connectivity index is 1.46. The van der Waals surface area contributed by atoms with Gasteiger partial charge in [-0.3, -0.25) is 9.69 Å². The minimum atomic E-state index is -0.0495. The number of likely N-dealkylation sites (N-methyl/N-ethyl adjacent to an activating group) is 1. The van der Waals surface area contributed by atoms with Crippen molar-refractivity contribution >= 4 is 33.4 Å². The van der Waals surface area contributed by atoms with Crippen LogP contribution in [-0.2, 0) is 17.9 Å². The third kappa shape index (κ3) is 4.27. The van der Waals surface area contributed by atoms with Crippen molar-refractivity contribution in [3.8, 4) is 11.5 Å². The number of nitrogens with zero attached hydrogens (tertiary/aromatic N) is 2. The normalized spacial score (nSPS) is 11.3. The van der Waals surface area contributed by atoms with Gasteiger partial charge in [0.15, 0.2) is 11.5 Å². The molecule has 32 heavy (non-hydrogen) atoms. The molecule has 0 fully saturated rings. The van der Waals surface area contributed by atoms with E-state index in [1.807, 2.05) is 36.2 Å². The van der Waals surface area contributed by atoms with Crippen molar-refractivity contribution in [2.75, 3.05) is 33.1 Å². The number of rotatable bonds is 8. The van der Waals surface area contributed by atoms with E-state index in [2.05, 4.69) is 53.2 Å². The molecule has 0 aliphatic carbocycles. The Kier molecular flexibility index (Phi) is 6.32. The van der Waals surface area contributed by atoms with Crippen molar-refractivity contribution in [3.05, 3.63) is 66.2 Å². The van der Waals surface area contributed by atoms with Crippen LogP contribution in [0.1, 0.15) is 12.5 Å². The molecular formula is C26H29N3O3. The second kappa shape index (κ2) is 9.32. The fourth-order valence-electron chi connectivity index (χ4n) is 4.26. The number of aromatic nitrogens is 1. The van der Waals surface area contributed by atoms with Crippen LogP contribution in [0.5, 0.6) is 11.5 Å². The van der Waals surface area contributed by atoms with Gasteiger partial charge in [0.1, 0.15) is 0 Å².